The molecule has 0 saturated carbocycles. The van der Waals surface area contributed by atoms with Crippen molar-refractivity contribution in [2.75, 3.05) is 20.1 Å². The van der Waals surface area contributed by atoms with E-state index in [0.717, 1.165) is 18.5 Å². The highest BCUT2D eigenvalue weighted by atomic mass is 16.5. The summed E-state index contributed by atoms with van der Waals surface area (Å²) in [6.45, 7) is 3.32. The van der Waals surface area contributed by atoms with Crippen LogP contribution in [-0.4, -0.2) is 43.0 Å². The van der Waals surface area contributed by atoms with E-state index in [1.54, 1.807) is 11.9 Å². The van der Waals surface area contributed by atoms with Gasteiger partial charge in [-0.1, -0.05) is 37.3 Å². The molecule has 0 aliphatic carbocycles. The van der Waals surface area contributed by atoms with Gasteiger partial charge in [0.15, 0.2) is 0 Å². The van der Waals surface area contributed by atoms with Gasteiger partial charge in [-0.05, 0) is 12.0 Å². The summed E-state index contributed by atoms with van der Waals surface area (Å²) in [5, 5.41) is 3.15. The highest BCUT2D eigenvalue weighted by Gasteiger charge is 2.29. The number of carbonyl (C=O) groups is 2. The maximum absolute atomic E-state index is 11.9. The fourth-order valence-electron chi connectivity index (χ4n) is 2.29. The molecule has 0 aromatic heterocycles. The number of benzene rings is 1. The Labute approximate surface area is 125 Å². The summed E-state index contributed by atoms with van der Waals surface area (Å²) in [6, 6.07) is 9.42. The monoisotopic (exact) mass is 290 g/mol. The Bertz CT molecular complexity index is 490. The fraction of sp³-hybridized carbons (Fsp3) is 0.500. The molecule has 1 aromatic carbocycles. The maximum atomic E-state index is 11.9. The van der Waals surface area contributed by atoms with E-state index in [4.69, 9.17) is 4.74 Å². The number of hydrogen-bond acceptors (Lipinski definition) is 4. The van der Waals surface area contributed by atoms with E-state index in [9.17, 15) is 9.59 Å². The van der Waals surface area contributed by atoms with Crippen molar-refractivity contribution >= 4 is 11.9 Å². The highest BCUT2D eigenvalue weighted by molar-refractivity contribution is 5.83. The number of rotatable bonds is 6. The Morgan fingerprint density at radius 3 is 2.76 bits per heavy atom. The second-order valence-corrected chi connectivity index (χ2v) is 5.50. The van der Waals surface area contributed by atoms with Crippen LogP contribution < -0.4 is 5.32 Å². The van der Waals surface area contributed by atoms with Crippen LogP contribution in [0.1, 0.15) is 18.9 Å². The molecular formula is C16H22N2O3. The minimum absolute atomic E-state index is 0.0971. The predicted octanol–water partition coefficient (Wildman–Crippen LogP) is 1.19. The summed E-state index contributed by atoms with van der Waals surface area (Å²) < 4.78 is 5.28. The standard InChI is InChI=1S/C16H22N2O3/c1-12(10-17-14-8-9-18(2)15(14)19)16(20)21-11-13-6-4-3-5-7-13/h3-7,12,14,17H,8-11H2,1-2H3. The van der Waals surface area contributed by atoms with Gasteiger partial charge in [0.2, 0.25) is 5.91 Å². The van der Waals surface area contributed by atoms with Crippen molar-refractivity contribution in [3.05, 3.63) is 35.9 Å². The van der Waals surface area contributed by atoms with E-state index in [-0.39, 0.29) is 30.4 Å². The lowest BCUT2D eigenvalue weighted by Gasteiger charge is -2.16. The van der Waals surface area contributed by atoms with Crippen LogP contribution in [0.4, 0.5) is 0 Å². The second-order valence-electron chi connectivity index (χ2n) is 5.50. The molecule has 2 unspecified atom stereocenters. The first-order valence-electron chi connectivity index (χ1n) is 7.27. The molecule has 1 amide bonds. The molecular weight excluding hydrogens is 268 g/mol. The summed E-state index contributed by atoms with van der Waals surface area (Å²) in [4.78, 5) is 25.4. The van der Waals surface area contributed by atoms with Crippen LogP contribution in [0.3, 0.4) is 0 Å². The van der Waals surface area contributed by atoms with Crippen LogP contribution in [-0.2, 0) is 20.9 Å². The van der Waals surface area contributed by atoms with Crippen LogP contribution in [0.2, 0.25) is 0 Å². The van der Waals surface area contributed by atoms with Crippen LogP contribution in [0.25, 0.3) is 0 Å². The number of nitrogens with zero attached hydrogens (tertiary/aromatic N) is 1. The third kappa shape index (κ3) is 4.29. The van der Waals surface area contributed by atoms with Gasteiger partial charge in [0.05, 0.1) is 12.0 Å². The van der Waals surface area contributed by atoms with Gasteiger partial charge in [-0.2, -0.15) is 0 Å². The lowest BCUT2D eigenvalue weighted by molar-refractivity contribution is -0.149. The van der Waals surface area contributed by atoms with Gasteiger partial charge in [0, 0.05) is 20.1 Å². The Morgan fingerprint density at radius 1 is 1.43 bits per heavy atom. The number of ether oxygens (including phenoxy) is 1. The SMILES string of the molecule is CC(CNC1CCN(C)C1=O)C(=O)OCc1ccccc1. The van der Waals surface area contributed by atoms with E-state index in [1.165, 1.54) is 0 Å². The minimum Gasteiger partial charge on any atom is -0.461 e. The molecule has 5 nitrogen and oxygen atoms in total. The first-order valence-corrected chi connectivity index (χ1v) is 7.27. The van der Waals surface area contributed by atoms with Gasteiger partial charge in [-0.3, -0.25) is 9.59 Å². The van der Waals surface area contributed by atoms with E-state index < -0.39 is 0 Å². The maximum Gasteiger partial charge on any atom is 0.310 e. The van der Waals surface area contributed by atoms with Crippen LogP contribution in [0, 0.1) is 5.92 Å². The Balaban J connectivity index is 1.71. The normalized spacial score (nSPS) is 19.6. The van der Waals surface area contributed by atoms with E-state index in [0.29, 0.717) is 6.54 Å². The summed E-state index contributed by atoms with van der Waals surface area (Å²) in [6.07, 6.45) is 0.793. The smallest absolute Gasteiger partial charge is 0.310 e. The van der Waals surface area contributed by atoms with Crippen LogP contribution in [0.15, 0.2) is 30.3 Å². The average Bonchev–Trinajstić information content (AvgIpc) is 2.83. The molecule has 2 atom stereocenters. The van der Waals surface area contributed by atoms with Gasteiger partial charge in [-0.15, -0.1) is 0 Å². The Kier molecular flexibility index (Phi) is 5.33. The molecule has 1 aliphatic rings. The lowest BCUT2D eigenvalue weighted by Crippen LogP contribution is -2.40. The Hall–Kier alpha value is -1.88. The number of nitrogens with one attached hydrogen (secondary N) is 1. The molecule has 0 spiro atoms. The van der Waals surface area contributed by atoms with Crippen molar-refractivity contribution in [3.8, 4) is 0 Å². The number of esters is 1. The summed E-state index contributed by atoms with van der Waals surface area (Å²) in [5.74, 6) is -0.419. The van der Waals surface area contributed by atoms with Gasteiger partial charge in [0.25, 0.3) is 0 Å². The zero-order valence-corrected chi connectivity index (χ0v) is 12.5. The summed E-state index contributed by atoms with van der Waals surface area (Å²) in [5.41, 5.74) is 0.971. The van der Waals surface area contributed by atoms with Crippen molar-refractivity contribution < 1.29 is 14.3 Å². The van der Waals surface area contributed by atoms with Gasteiger partial charge in [0.1, 0.15) is 6.61 Å². The molecule has 1 fully saturated rings. The molecule has 1 heterocycles. The lowest BCUT2D eigenvalue weighted by atomic mass is 10.1. The second kappa shape index (κ2) is 7.22. The van der Waals surface area contributed by atoms with Gasteiger partial charge >= 0.3 is 5.97 Å². The highest BCUT2D eigenvalue weighted by Crippen LogP contribution is 2.10. The van der Waals surface area contributed by atoms with Gasteiger partial charge in [-0.25, -0.2) is 0 Å². The minimum atomic E-state index is -0.271. The average molecular weight is 290 g/mol. The first-order chi connectivity index (χ1) is 10.1. The zero-order valence-electron chi connectivity index (χ0n) is 12.5. The third-order valence-electron chi connectivity index (χ3n) is 3.72. The number of likely N-dealkylation sites (tertiary alicyclic amines) is 1. The molecule has 2 rings (SSSR count). The molecule has 114 valence electrons. The van der Waals surface area contributed by atoms with Crippen molar-refractivity contribution in [1.82, 2.24) is 10.2 Å². The zero-order chi connectivity index (χ0) is 15.2. The van der Waals surface area contributed by atoms with Crippen LogP contribution >= 0.6 is 0 Å². The fourth-order valence-corrected chi connectivity index (χ4v) is 2.29. The molecule has 5 heteroatoms. The molecule has 1 N–H and O–H groups in total. The van der Waals surface area contributed by atoms with Crippen molar-refractivity contribution in [2.45, 2.75) is 26.0 Å². The number of likely N-dealkylation sites (N-methyl/N-ethyl adjacent to an activating group) is 1. The van der Waals surface area contributed by atoms with E-state index in [2.05, 4.69) is 5.32 Å². The van der Waals surface area contributed by atoms with Crippen LogP contribution in [0.5, 0.6) is 0 Å². The predicted molar refractivity (Wildman–Crippen MR) is 79.4 cm³/mol. The van der Waals surface area contributed by atoms with Gasteiger partial charge < -0.3 is 15.0 Å². The number of carbonyl (C=O) groups excluding carboxylic acids is 2. The molecule has 1 aliphatic heterocycles. The van der Waals surface area contributed by atoms with Crippen molar-refractivity contribution in [1.29, 1.82) is 0 Å². The van der Waals surface area contributed by atoms with Crippen molar-refractivity contribution in [2.24, 2.45) is 5.92 Å². The molecule has 1 aromatic rings. The molecule has 21 heavy (non-hydrogen) atoms. The molecule has 0 radical (unpaired) electrons. The summed E-state index contributed by atoms with van der Waals surface area (Å²) >= 11 is 0. The van der Waals surface area contributed by atoms with E-state index in [1.807, 2.05) is 37.3 Å². The summed E-state index contributed by atoms with van der Waals surface area (Å²) in [7, 11) is 1.79. The first kappa shape index (κ1) is 15.5. The molecule has 0 bridgehead atoms. The number of amides is 1. The third-order valence-corrected chi connectivity index (χ3v) is 3.72. The van der Waals surface area contributed by atoms with Crippen molar-refractivity contribution in [3.63, 3.8) is 0 Å². The largest absolute Gasteiger partial charge is 0.461 e. The quantitative estimate of drug-likeness (QED) is 0.800. The topological polar surface area (TPSA) is 58.6 Å². The molecule has 1 saturated heterocycles. The number of hydrogen-bond donors (Lipinski definition) is 1. The Morgan fingerprint density at radius 2 is 2.14 bits per heavy atom. The van der Waals surface area contributed by atoms with E-state index >= 15 is 0 Å².